The zero-order valence-corrected chi connectivity index (χ0v) is 17.1. The second kappa shape index (κ2) is 8.47. The molecule has 0 atom stereocenters. The number of hydrogen-bond donors (Lipinski definition) is 3. The molecule has 0 saturated heterocycles. The quantitative estimate of drug-likeness (QED) is 0.521. The lowest BCUT2D eigenvalue weighted by Gasteiger charge is -2.09. The van der Waals surface area contributed by atoms with Crippen molar-refractivity contribution in [3.05, 3.63) is 53.5 Å². The van der Waals surface area contributed by atoms with Gasteiger partial charge in [0.2, 0.25) is 10.0 Å². The first-order chi connectivity index (χ1) is 13.8. The lowest BCUT2D eigenvalue weighted by molar-refractivity contribution is 0.102. The molecule has 152 valence electrons. The third kappa shape index (κ3) is 5.02. The van der Waals surface area contributed by atoms with Crippen molar-refractivity contribution in [2.45, 2.75) is 4.90 Å². The minimum absolute atomic E-state index is 0.0365. The Kier molecular flexibility index (Phi) is 6.01. The number of thiazole rings is 1. The lowest BCUT2D eigenvalue weighted by atomic mass is 10.3. The number of hydrogen-bond acceptors (Lipinski definition) is 8. The van der Waals surface area contributed by atoms with E-state index in [1.54, 1.807) is 37.8 Å². The number of nitrogens with two attached hydrogens (primary N) is 1. The van der Waals surface area contributed by atoms with Crippen molar-refractivity contribution >= 4 is 43.8 Å². The lowest BCUT2D eigenvalue weighted by Crippen LogP contribution is -2.14. The van der Waals surface area contributed by atoms with Crippen molar-refractivity contribution < 1.29 is 22.7 Å². The summed E-state index contributed by atoms with van der Waals surface area (Å²) >= 11 is 1.26. The van der Waals surface area contributed by atoms with Gasteiger partial charge in [-0.05, 0) is 36.4 Å². The number of primary sulfonamides is 1. The molecule has 9 nitrogen and oxygen atoms in total. The van der Waals surface area contributed by atoms with E-state index in [2.05, 4.69) is 15.6 Å². The number of aromatic nitrogens is 1. The Labute approximate surface area is 171 Å². The molecule has 0 aliphatic heterocycles. The van der Waals surface area contributed by atoms with E-state index in [-0.39, 0.29) is 10.6 Å². The van der Waals surface area contributed by atoms with Crippen LogP contribution in [0.4, 0.5) is 16.5 Å². The summed E-state index contributed by atoms with van der Waals surface area (Å²) in [4.78, 5) is 16.6. The Morgan fingerprint density at radius 1 is 1.03 bits per heavy atom. The summed E-state index contributed by atoms with van der Waals surface area (Å²) in [6, 6.07) is 10.8. The third-order valence-corrected chi connectivity index (χ3v) is 5.50. The van der Waals surface area contributed by atoms with Crippen molar-refractivity contribution in [3.8, 4) is 11.5 Å². The van der Waals surface area contributed by atoms with Gasteiger partial charge in [0.15, 0.2) is 16.6 Å². The fourth-order valence-electron chi connectivity index (χ4n) is 2.40. The van der Waals surface area contributed by atoms with Crippen molar-refractivity contribution in [2.75, 3.05) is 24.9 Å². The number of methoxy groups -OCH3 is 2. The average Bonchev–Trinajstić information content (AvgIpc) is 3.16. The van der Waals surface area contributed by atoms with Gasteiger partial charge in [0.05, 0.1) is 19.1 Å². The predicted octanol–water partition coefficient (Wildman–Crippen LogP) is 2.80. The van der Waals surface area contributed by atoms with Crippen LogP contribution in [0.15, 0.2) is 52.7 Å². The Hall–Kier alpha value is -3.15. The molecule has 0 bridgehead atoms. The van der Waals surface area contributed by atoms with Crippen molar-refractivity contribution in [1.29, 1.82) is 0 Å². The second-order valence-electron chi connectivity index (χ2n) is 5.76. The molecule has 0 aliphatic rings. The van der Waals surface area contributed by atoms with Crippen LogP contribution in [-0.2, 0) is 10.0 Å². The minimum atomic E-state index is -3.78. The second-order valence-corrected chi connectivity index (χ2v) is 8.18. The molecular formula is C18H18N4O5S2. The van der Waals surface area contributed by atoms with Gasteiger partial charge in [-0.3, -0.25) is 4.79 Å². The van der Waals surface area contributed by atoms with Crippen LogP contribution >= 0.6 is 11.3 Å². The Bertz CT molecular complexity index is 1130. The van der Waals surface area contributed by atoms with E-state index in [9.17, 15) is 13.2 Å². The maximum Gasteiger partial charge on any atom is 0.275 e. The van der Waals surface area contributed by atoms with E-state index in [1.807, 2.05) is 0 Å². The third-order valence-electron chi connectivity index (χ3n) is 3.81. The topological polar surface area (TPSA) is 133 Å². The number of sulfonamides is 1. The van der Waals surface area contributed by atoms with Gasteiger partial charge >= 0.3 is 0 Å². The number of nitrogens with one attached hydrogen (secondary N) is 2. The summed E-state index contributed by atoms with van der Waals surface area (Å²) in [5.41, 5.74) is 1.36. The van der Waals surface area contributed by atoms with Crippen LogP contribution in [0.25, 0.3) is 0 Å². The smallest absolute Gasteiger partial charge is 0.275 e. The van der Waals surface area contributed by atoms with Crippen molar-refractivity contribution in [1.82, 2.24) is 4.98 Å². The fraction of sp³-hybridized carbons (Fsp3) is 0.111. The largest absolute Gasteiger partial charge is 0.493 e. The highest BCUT2D eigenvalue weighted by Crippen LogP contribution is 2.31. The Morgan fingerprint density at radius 2 is 1.69 bits per heavy atom. The van der Waals surface area contributed by atoms with E-state index < -0.39 is 15.9 Å². The van der Waals surface area contributed by atoms with Crippen LogP contribution < -0.4 is 25.2 Å². The molecule has 4 N–H and O–H groups in total. The standard InChI is InChI=1S/C18H18N4O5S2/c1-26-15-8-5-12(9-16(15)27-2)21-18-22-14(10-28-18)17(23)20-11-3-6-13(7-4-11)29(19,24)25/h3-10H,1-2H3,(H,20,23)(H,21,22)(H2,19,24,25). The highest BCUT2D eigenvalue weighted by atomic mass is 32.2. The SMILES string of the molecule is COc1ccc(Nc2nc(C(=O)Nc3ccc(S(N)(=O)=O)cc3)cs2)cc1OC. The summed E-state index contributed by atoms with van der Waals surface area (Å²) in [7, 11) is -0.685. The Balaban J connectivity index is 1.68. The van der Waals surface area contributed by atoms with Gasteiger partial charge in [0.25, 0.3) is 5.91 Å². The van der Waals surface area contributed by atoms with E-state index in [1.165, 1.54) is 35.6 Å². The van der Waals surface area contributed by atoms with Gasteiger partial charge in [-0.25, -0.2) is 18.5 Å². The Morgan fingerprint density at radius 3 is 2.31 bits per heavy atom. The molecular weight excluding hydrogens is 416 g/mol. The van der Waals surface area contributed by atoms with E-state index in [0.717, 1.165) is 5.69 Å². The normalized spacial score (nSPS) is 11.0. The van der Waals surface area contributed by atoms with Gasteiger partial charge in [-0.15, -0.1) is 11.3 Å². The fourth-order valence-corrected chi connectivity index (χ4v) is 3.62. The van der Waals surface area contributed by atoms with Gasteiger partial charge in [0.1, 0.15) is 5.69 Å². The predicted molar refractivity (Wildman–Crippen MR) is 111 cm³/mol. The number of carbonyl (C=O) groups is 1. The first-order valence-corrected chi connectivity index (χ1v) is 10.6. The summed E-state index contributed by atoms with van der Waals surface area (Å²) in [6.45, 7) is 0. The van der Waals surface area contributed by atoms with Crippen LogP contribution in [0.3, 0.4) is 0 Å². The molecule has 0 unspecified atom stereocenters. The molecule has 0 aliphatic carbocycles. The summed E-state index contributed by atoms with van der Waals surface area (Å²) in [5, 5.41) is 12.9. The monoisotopic (exact) mass is 434 g/mol. The molecule has 0 radical (unpaired) electrons. The van der Waals surface area contributed by atoms with Crippen molar-refractivity contribution in [2.24, 2.45) is 5.14 Å². The van der Waals surface area contributed by atoms with Crippen LogP contribution in [0.5, 0.6) is 11.5 Å². The highest BCUT2D eigenvalue weighted by Gasteiger charge is 2.13. The van der Waals surface area contributed by atoms with E-state index in [0.29, 0.717) is 22.3 Å². The molecule has 29 heavy (non-hydrogen) atoms. The molecule has 1 heterocycles. The van der Waals surface area contributed by atoms with Crippen LogP contribution in [0, 0.1) is 0 Å². The number of ether oxygens (including phenoxy) is 2. The maximum atomic E-state index is 12.4. The number of amides is 1. The summed E-state index contributed by atoms with van der Waals surface area (Å²) in [5.74, 6) is 0.741. The van der Waals surface area contributed by atoms with Crippen LogP contribution in [0.2, 0.25) is 0 Å². The van der Waals surface area contributed by atoms with Crippen LogP contribution in [-0.4, -0.2) is 33.5 Å². The zero-order valence-electron chi connectivity index (χ0n) is 15.5. The van der Waals surface area contributed by atoms with Gasteiger partial charge < -0.3 is 20.1 Å². The van der Waals surface area contributed by atoms with Crippen LogP contribution in [0.1, 0.15) is 10.5 Å². The average molecular weight is 434 g/mol. The molecule has 2 aromatic carbocycles. The van der Waals surface area contributed by atoms with E-state index >= 15 is 0 Å². The highest BCUT2D eigenvalue weighted by molar-refractivity contribution is 7.89. The molecule has 1 amide bonds. The summed E-state index contributed by atoms with van der Waals surface area (Å²) < 4.78 is 33.0. The first-order valence-electron chi connectivity index (χ1n) is 8.19. The minimum Gasteiger partial charge on any atom is -0.493 e. The maximum absolute atomic E-state index is 12.4. The molecule has 0 saturated carbocycles. The first kappa shape index (κ1) is 20.6. The molecule has 0 spiro atoms. The van der Waals surface area contributed by atoms with Gasteiger partial charge in [-0.2, -0.15) is 0 Å². The zero-order chi connectivity index (χ0) is 21.0. The van der Waals surface area contributed by atoms with E-state index in [4.69, 9.17) is 14.6 Å². The molecule has 1 aromatic heterocycles. The summed E-state index contributed by atoms with van der Waals surface area (Å²) in [6.07, 6.45) is 0. The van der Waals surface area contributed by atoms with Crippen molar-refractivity contribution in [3.63, 3.8) is 0 Å². The molecule has 0 fully saturated rings. The van der Waals surface area contributed by atoms with Gasteiger partial charge in [0, 0.05) is 22.8 Å². The number of rotatable bonds is 7. The molecule has 3 aromatic rings. The molecule has 3 rings (SSSR count). The molecule has 11 heteroatoms. The number of carbonyl (C=O) groups excluding carboxylic acids is 1. The number of nitrogens with zero attached hydrogens (tertiary/aromatic N) is 1. The van der Waals surface area contributed by atoms with Gasteiger partial charge in [-0.1, -0.05) is 0 Å². The number of anilines is 3. The number of benzene rings is 2.